The van der Waals surface area contributed by atoms with Gasteiger partial charge in [-0.25, -0.2) is 4.98 Å². The van der Waals surface area contributed by atoms with E-state index < -0.39 is 0 Å². The molecule has 19 heavy (non-hydrogen) atoms. The molecule has 0 bridgehead atoms. The molecule has 0 amide bonds. The fourth-order valence-electron chi connectivity index (χ4n) is 1.98. The molecule has 5 heteroatoms. The SMILES string of the molecule is CCOC(=O)CCn1c(=O)c(C)nc2ccccc21. The predicted octanol–water partition coefficient (Wildman–Crippen LogP) is 1.66. The first-order chi connectivity index (χ1) is 9.13. The van der Waals surface area contributed by atoms with Crippen molar-refractivity contribution in [3.8, 4) is 0 Å². The normalized spacial score (nSPS) is 10.6. The van der Waals surface area contributed by atoms with E-state index in [0.29, 0.717) is 18.8 Å². The van der Waals surface area contributed by atoms with Crippen molar-refractivity contribution >= 4 is 17.0 Å². The van der Waals surface area contributed by atoms with Crippen LogP contribution in [-0.4, -0.2) is 22.1 Å². The summed E-state index contributed by atoms with van der Waals surface area (Å²) in [6.07, 6.45) is 0.182. The van der Waals surface area contributed by atoms with E-state index >= 15 is 0 Å². The summed E-state index contributed by atoms with van der Waals surface area (Å²) in [6, 6.07) is 7.39. The standard InChI is InChI=1S/C14H16N2O3/c1-3-19-13(17)8-9-16-12-7-5-4-6-11(12)15-10(2)14(16)18/h4-7H,3,8-9H2,1-2H3. The Morgan fingerprint density at radius 1 is 1.37 bits per heavy atom. The fraction of sp³-hybridized carbons (Fsp3) is 0.357. The van der Waals surface area contributed by atoms with Crippen LogP contribution in [0, 0.1) is 6.92 Å². The van der Waals surface area contributed by atoms with E-state index in [1.54, 1.807) is 18.4 Å². The molecule has 0 unspecified atom stereocenters. The van der Waals surface area contributed by atoms with Gasteiger partial charge in [-0.1, -0.05) is 12.1 Å². The molecule has 1 aromatic carbocycles. The number of carbonyl (C=O) groups is 1. The highest BCUT2D eigenvalue weighted by molar-refractivity contribution is 5.75. The van der Waals surface area contributed by atoms with Crippen LogP contribution in [0.4, 0.5) is 0 Å². The number of esters is 1. The number of hydrogen-bond donors (Lipinski definition) is 0. The Bertz CT molecular complexity index is 661. The van der Waals surface area contributed by atoms with Gasteiger partial charge < -0.3 is 9.30 Å². The lowest BCUT2D eigenvalue weighted by Gasteiger charge is -2.10. The first-order valence-electron chi connectivity index (χ1n) is 6.25. The summed E-state index contributed by atoms with van der Waals surface area (Å²) in [5.41, 5.74) is 1.76. The summed E-state index contributed by atoms with van der Waals surface area (Å²) in [4.78, 5) is 27.7. The number of fused-ring (bicyclic) bond motifs is 1. The molecule has 0 spiro atoms. The van der Waals surface area contributed by atoms with Gasteiger partial charge in [0.15, 0.2) is 0 Å². The molecule has 0 aliphatic carbocycles. The summed E-state index contributed by atoms with van der Waals surface area (Å²) in [7, 11) is 0. The Morgan fingerprint density at radius 2 is 2.11 bits per heavy atom. The molecule has 0 saturated heterocycles. The van der Waals surface area contributed by atoms with Crippen molar-refractivity contribution in [2.24, 2.45) is 0 Å². The molecule has 0 atom stereocenters. The summed E-state index contributed by atoms with van der Waals surface area (Å²) < 4.78 is 6.45. The van der Waals surface area contributed by atoms with E-state index in [4.69, 9.17) is 4.74 Å². The van der Waals surface area contributed by atoms with Crippen LogP contribution in [0.1, 0.15) is 19.0 Å². The Balaban J connectivity index is 2.38. The van der Waals surface area contributed by atoms with Crippen LogP contribution in [0.25, 0.3) is 11.0 Å². The third kappa shape index (κ3) is 2.81. The Morgan fingerprint density at radius 3 is 2.84 bits per heavy atom. The van der Waals surface area contributed by atoms with Crippen LogP contribution in [0.5, 0.6) is 0 Å². The van der Waals surface area contributed by atoms with Gasteiger partial charge in [0.2, 0.25) is 0 Å². The summed E-state index contributed by atoms with van der Waals surface area (Å²) >= 11 is 0. The third-order valence-corrected chi connectivity index (χ3v) is 2.86. The van der Waals surface area contributed by atoms with Crippen molar-refractivity contribution in [1.29, 1.82) is 0 Å². The molecular weight excluding hydrogens is 244 g/mol. The second kappa shape index (κ2) is 5.65. The maximum atomic E-state index is 12.1. The summed E-state index contributed by atoms with van der Waals surface area (Å²) in [5.74, 6) is -0.298. The number of hydrogen-bond acceptors (Lipinski definition) is 4. The molecule has 100 valence electrons. The first kappa shape index (κ1) is 13.3. The topological polar surface area (TPSA) is 61.2 Å². The average Bonchev–Trinajstić information content (AvgIpc) is 2.39. The number of aryl methyl sites for hydroxylation is 2. The number of nitrogens with zero attached hydrogens (tertiary/aromatic N) is 2. The molecule has 2 rings (SSSR count). The molecule has 2 aromatic rings. The molecule has 0 saturated carbocycles. The highest BCUT2D eigenvalue weighted by Crippen LogP contribution is 2.10. The van der Waals surface area contributed by atoms with Crippen molar-refractivity contribution < 1.29 is 9.53 Å². The van der Waals surface area contributed by atoms with Gasteiger partial charge in [-0.05, 0) is 26.0 Å². The van der Waals surface area contributed by atoms with Crippen LogP contribution >= 0.6 is 0 Å². The number of para-hydroxylation sites is 2. The van der Waals surface area contributed by atoms with E-state index in [9.17, 15) is 9.59 Å². The number of ether oxygens (including phenoxy) is 1. The smallest absolute Gasteiger partial charge is 0.307 e. The predicted molar refractivity (Wildman–Crippen MR) is 72.0 cm³/mol. The van der Waals surface area contributed by atoms with Gasteiger partial charge in [0.05, 0.1) is 24.1 Å². The van der Waals surface area contributed by atoms with Crippen LogP contribution in [0.2, 0.25) is 0 Å². The third-order valence-electron chi connectivity index (χ3n) is 2.86. The van der Waals surface area contributed by atoms with Crippen LogP contribution < -0.4 is 5.56 Å². The summed E-state index contributed by atoms with van der Waals surface area (Å²) in [6.45, 7) is 4.09. The van der Waals surface area contributed by atoms with E-state index in [0.717, 1.165) is 11.0 Å². The van der Waals surface area contributed by atoms with Gasteiger partial charge >= 0.3 is 5.97 Å². The zero-order chi connectivity index (χ0) is 13.8. The quantitative estimate of drug-likeness (QED) is 0.784. The highest BCUT2D eigenvalue weighted by atomic mass is 16.5. The Kier molecular flexibility index (Phi) is 3.94. The van der Waals surface area contributed by atoms with Crippen LogP contribution in [0.3, 0.4) is 0 Å². The van der Waals surface area contributed by atoms with E-state index in [1.807, 2.05) is 24.3 Å². The highest BCUT2D eigenvalue weighted by Gasteiger charge is 2.09. The van der Waals surface area contributed by atoms with E-state index in [1.165, 1.54) is 0 Å². The van der Waals surface area contributed by atoms with E-state index in [-0.39, 0.29) is 17.9 Å². The Labute approximate surface area is 110 Å². The lowest BCUT2D eigenvalue weighted by Crippen LogP contribution is -2.25. The van der Waals surface area contributed by atoms with Gasteiger partial charge in [-0.3, -0.25) is 9.59 Å². The van der Waals surface area contributed by atoms with Crippen LogP contribution in [-0.2, 0) is 16.1 Å². The number of rotatable bonds is 4. The van der Waals surface area contributed by atoms with Crippen molar-refractivity contribution in [1.82, 2.24) is 9.55 Å². The van der Waals surface area contributed by atoms with Gasteiger partial charge in [0.25, 0.3) is 5.56 Å². The number of benzene rings is 1. The number of carbonyl (C=O) groups excluding carboxylic acids is 1. The van der Waals surface area contributed by atoms with Gasteiger partial charge in [0, 0.05) is 6.54 Å². The molecule has 0 fully saturated rings. The van der Waals surface area contributed by atoms with Gasteiger partial charge in [0.1, 0.15) is 5.69 Å². The minimum atomic E-state index is -0.298. The molecule has 1 heterocycles. The molecule has 0 aliphatic heterocycles. The summed E-state index contributed by atoms with van der Waals surface area (Å²) in [5, 5.41) is 0. The lowest BCUT2D eigenvalue weighted by molar-refractivity contribution is -0.143. The van der Waals surface area contributed by atoms with E-state index in [2.05, 4.69) is 4.98 Å². The minimum absolute atomic E-state index is 0.164. The fourth-order valence-corrected chi connectivity index (χ4v) is 1.98. The van der Waals surface area contributed by atoms with Crippen LogP contribution in [0.15, 0.2) is 29.1 Å². The zero-order valence-corrected chi connectivity index (χ0v) is 11.0. The molecule has 0 N–H and O–H groups in total. The van der Waals surface area contributed by atoms with Crippen molar-refractivity contribution in [3.05, 3.63) is 40.3 Å². The second-order valence-corrected chi connectivity index (χ2v) is 4.20. The molecule has 5 nitrogen and oxygen atoms in total. The second-order valence-electron chi connectivity index (χ2n) is 4.20. The van der Waals surface area contributed by atoms with Gasteiger partial charge in [-0.2, -0.15) is 0 Å². The Hall–Kier alpha value is -2.17. The lowest BCUT2D eigenvalue weighted by atomic mass is 10.2. The first-order valence-corrected chi connectivity index (χ1v) is 6.25. The minimum Gasteiger partial charge on any atom is -0.466 e. The van der Waals surface area contributed by atoms with Crippen molar-refractivity contribution in [3.63, 3.8) is 0 Å². The number of aromatic nitrogens is 2. The molecular formula is C14H16N2O3. The maximum Gasteiger partial charge on any atom is 0.307 e. The van der Waals surface area contributed by atoms with Gasteiger partial charge in [-0.15, -0.1) is 0 Å². The molecule has 1 aromatic heterocycles. The molecule has 0 aliphatic rings. The monoisotopic (exact) mass is 260 g/mol. The van der Waals surface area contributed by atoms with Crippen molar-refractivity contribution in [2.45, 2.75) is 26.8 Å². The zero-order valence-electron chi connectivity index (χ0n) is 11.0. The van der Waals surface area contributed by atoms with Crippen molar-refractivity contribution in [2.75, 3.05) is 6.61 Å². The molecule has 0 radical (unpaired) electrons. The average molecular weight is 260 g/mol. The largest absolute Gasteiger partial charge is 0.466 e. The maximum absolute atomic E-state index is 12.1.